The molecule has 0 heterocycles. The van der Waals surface area contributed by atoms with E-state index in [1.54, 1.807) is 7.05 Å². The molecule has 0 radical (unpaired) electrons. The summed E-state index contributed by atoms with van der Waals surface area (Å²) in [5, 5.41) is 6.14. The van der Waals surface area contributed by atoms with E-state index in [9.17, 15) is 4.79 Å². The summed E-state index contributed by atoms with van der Waals surface area (Å²) in [6.45, 7) is 2.48. The van der Waals surface area contributed by atoms with Crippen LogP contribution in [0.1, 0.15) is 36.8 Å². The highest BCUT2D eigenvalue weighted by atomic mass is 35.5. The van der Waals surface area contributed by atoms with Gasteiger partial charge >= 0.3 is 0 Å². The summed E-state index contributed by atoms with van der Waals surface area (Å²) in [4.78, 5) is 11.9. The van der Waals surface area contributed by atoms with Crippen LogP contribution in [0.4, 0.5) is 0 Å². The van der Waals surface area contributed by atoms with E-state index < -0.39 is 0 Å². The Labute approximate surface area is 121 Å². The van der Waals surface area contributed by atoms with Gasteiger partial charge in [-0.05, 0) is 32.4 Å². The van der Waals surface area contributed by atoms with Crippen molar-refractivity contribution in [1.29, 1.82) is 0 Å². The van der Waals surface area contributed by atoms with Crippen molar-refractivity contribution in [2.45, 2.75) is 38.1 Å². The first-order valence-corrected chi connectivity index (χ1v) is 6.69. The van der Waals surface area contributed by atoms with E-state index in [-0.39, 0.29) is 23.9 Å². The summed E-state index contributed by atoms with van der Waals surface area (Å²) >= 11 is 0. The summed E-state index contributed by atoms with van der Waals surface area (Å²) in [6.07, 6.45) is 4.47. The quantitative estimate of drug-likeness (QED) is 0.891. The molecule has 4 heteroatoms. The Hall–Kier alpha value is -1.06. The molecule has 2 N–H and O–H groups in total. The molecule has 2 rings (SSSR count). The molecular weight excluding hydrogens is 260 g/mol. The molecule has 0 saturated heterocycles. The van der Waals surface area contributed by atoms with Crippen molar-refractivity contribution >= 4 is 18.3 Å². The lowest BCUT2D eigenvalue weighted by atomic mass is 9.87. The topological polar surface area (TPSA) is 41.1 Å². The van der Waals surface area contributed by atoms with Gasteiger partial charge in [0.05, 0.1) is 12.1 Å². The zero-order valence-corrected chi connectivity index (χ0v) is 12.5. The highest BCUT2D eigenvalue weighted by Gasteiger charge is 2.36. The minimum atomic E-state index is -0.139. The van der Waals surface area contributed by atoms with Gasteiger partial charge in [0.15, 0.2) is 0 Å². The first kappa shape index (κ1) is 16.0. The fraction of sp³-hybridized carbons (Fsp3) is 0.533. The maximum atomic E-state index is 11.9. The lowest BCUT2D eigenvalue weighted by Gasteiger charge is -2.31. The molecule has 1 aromatic carbocycles. The molecule has 19 heavy (non-hydrogen) atoms. The fourth-order valence-corrected chi connectivity index (χ4v) is 2.88. The van der Waals surface area contributed by atoms with Crippen LogP contribution in [0, 0.1) is 6.92 Å². The SMILES string of the molecule is CNCC(=O)NC1(c2cccc(C)c2)CCCC1.Cl. The number of carbonyl (C=O) groups excluding carboxylic acids is 1. The summed E-state index contributed by atoms with van der Waals surface area (Å²) in [5.74, 6) is 0.0842. The van der Waals surface area contributed by atoms with Crippen molar-refractivity contribution in [2.75, 3.05) is 13.6 Å². The van der Waals surface area contributed by atoms with Crippen LogP contribution in [0.3, 0.4) is 0 Å². The second-order valence-electron chi connectivity index (χ2n) is 5.24. The monoisotopic (exact) mass is 282 g/mol. The average molecular weight is 283 g/mol. The van der Waals surface area contributed by atoms with Gasteiger partial charge in [-0.1, -0.05) is 42.7 Å². The lowest BCUT2D eigenvalue weighted by molar-refractivity contribution is -0.122. The minimum absolute atomic E-state index is 0. The summed E-state index contributed by atoms with van der Waals surface area (Å²) in [7, 11) is 1.80. The van der Waals surface area contributed by atoms with E-state index in [1.807, 2.05) is 0 Å². The summed E-state index contributed by atoms with van der Waals surface area (Å²) < 4.78 is 0. The van der Waals surface area contributed by atoms with Gasteiger partial charge in [0.25, 0.3) is 0 Å². The third-order valence-corrected chi connectivity index (χ3v) is 3.74. The van der Waals surface area contributed by atoms with E-state index in [2.05, 4.69) is 41.8 Å². The number of amides is 1. The minimum Gasteiger partial charge on any atom is -0.345 e. The zero-order chi connectivity index (χ0) is 13.0. The first-order valence-electron chi connectivity index (χ1n) is 6.69. The number of benzene rings is 1. The maximum Gasteiger partial charge on any atom is 0.234 e. The molecule has 0 unspecified atom stereocenters. The largest absolute Gasteiger partial charge is 0.345 e. The molecule has 0 atom stereocenters. The number of nitrogens with one attached hydrogen (secondary N) is 2. The van der Waals surface area contributed by atoms with E-state index >= 15 is 0 Å². The van der Waals surface area contributed by atoms with Gasteiger partial charge in [0.2, 0.25) is 5.91 Å². The van der Waals surface area contributed by atoms with E-state index in [1.165, 1.54) is 24.0 Å². The molecule has 3 nitrogen and oxygen atoms in total. The number of hydrogen-bond donors (Lipinski definition) is 2. The van der Waals surface area contributed by atoms with Crippen LogP contribution in [-0.2, 0) is 10.3 Å². The van der Waals surface area contributed by atoms with Gasteiger partial charge in [-0.15, -0.1) is 12.4 Å². The highest BCUT2D eigenvalue weighted by molar-refractivity contribution is 5.85. The zero-order valence-electron chi connectivity index (χ0n) is 11.7. The van der Waals surface area contributed by atoms with Crippen molar-refractivity contribution < 1.29 is 4.79 Å². The highest BCUT2D eigenvalue weighted by Crippen LogP contribution is 2.38. The molecule has 0 bridgehead atoms. The van der Waals surface area contributed by atoms with E-state index in [4.69, 9.17) is 0 Å². The number of aryl methyl sites for hydroxylation is 1. The molecule has 1 saturated carbocycles. The normalized spacial score (nSPS) is 16.7. The maximum absolute atomic E-state index is 11.9. The van der Waals surface area contributed by atoms with Crippen LogP contribution in [0.5, 0.6) is 0 Å². The molecule has 0 aliphatic heterocycles. The number of carbonyl (C=O) groups is 1. The van der Waals surface area contributed by atoms with Crippen molar-refractivity contribution in [3.63, 3.8) is 0 Å². The fourth-order valence-electron chi connectivity index (χ4n) is 2.88. The van der Waals surface area contributed by atoms with Crippen LogP contribution in [0.15, 0.2) is 24.3 Å². The first-order chi connectivity index (χ1) is 8.66. The molecule has 1 amide bonds. The third-order valence-electron chi connectivity index (χ3n) is 3.74. The molecule has 106 valence electrons. The van der Waals surface area contributed by atoms with Crippen LogP contribution in [-0.4, -0.2) is 19.5 Å². The smallest absolute Gasteiger partial charge is 0.234 e. The number of halogens is 1. The molecule has 1 aliphatic carbocycles. The Kier molecular flexibility index (Phi) is 5.83. The predicted octanol–water partition coefficient (Wildman–Crippen LogP) is 2.52. The molecule has 0 aromatic heterocycles. The van der Waals surface area contributed by atoms with E-state index in [0.29, 0.717) is 6.54 Å². The standard InChI is InChI=1S/C15H22N2O.ClH/c1-12-6-5-7-13(10-12)15(8-3-4-9-15)17-14(18)11-16-2;/h5-7,10,16H,3-4,8-9,11H2,1-2H3,(H,17,18);1H. The van der Waals surface area contributed by atoms with Gasteiger partial charge in [0.1, 0.15) is 0 Å². The van der Waals surface area contributed by atoms with Crippen LogP contribution < -0.4 is 10.6 Å². The Morgan fingerprint density at radius 3 is 2.58 bits per heavy atom. The molecule has 1 aliphatic rings. The number of likely N-dealkylation sites (N-methyl/N-ethyl adjacent to an activating group) is 1. The Bertz CT molecular complexity index is 428. The predicted molar refractivity (Wildman–Crippen MR) is 80.6 cm³/mol. The summed E-state index contributed by atoms with van der Waals surface area (Å²) in [6, 6.07) is 8.51. The summed E-state index contributed by atoms with van der Waals surface area (Å²) in [5.41, 5.74) is 2.37. The molecule has 1 aromatic rings. The molecular formula is C15H23ClN2O. The van der Waals surface area contributed by atoms with E-state index in [0.717, 1.165) is 12.8 Å². The lowest BCUT2D eigenvalue weighted by Crippen LogP contribution is -2.46. The Balaban J connectivity index is 0.00000180. The second kappa shape index (κ2) is 6.92. The third kappa shape index (κ3) is 3.71. The number of hydrogen-bond acceptors (Lipinski definition) is 2. The van der Waals surface area contributed by atoms with Crippen molar-refractivity contribution in [1.82, 2.24) is 10.6 Å². The van der Waals surface area contributed by atoms with Gasteiger partial charge < -0.3 is 10.6 Å². The Morgan fingerprint density at radius 1 is 1.32 bits per heavy atom. The van der Waals surface area contributed by atoms with Crippen LogP contribution in [0.25, 0.3) is 0 Å². The van der Waals surface area contributed by atoms with Crippen molar-refractivity contribution in [3.05, 3.63) is 35.4 Å². The average Bonchev–Trinajstić information content (AvgIpc) is 2.79. The number of rotatable bonds is 4. The van der Waals surface area contributed by atoms with Gasteiger partial charge in [0, 0.05) is 0 Å². The molecule has 0 spiro atoms. The second-order valence-corrected chi connectivity index (χ2v) is 5.24. The molecule has 1 fully saturated rings. The van der Waals surface area contributed by atoms with Crippen molar-refractivity contribution in [2.24, 2.45) is 0 Å². The van der Waals surface area contributed by atoms with Crippen molar-refractivity contribution in [3.8, 4) is 0 Å². The van der Waals surface area contributed by atoms with Gasteiger partial charge in [-0.25, -0.2) is 0 Å². The van der Waals surface area contributed by atoms with Crippen LogP contribution in [0.2, 0.25) is 0 Å². The van der Waals surface area contributed by atoms with Crippen LogP contribution >= 0.6 is 12.4 Å². The van der Waals surface area contributed by atoms with Gasteiger partial charge in [-0.2, -0.15) is 0 Å². The Morgan fingerprint density at radius 2 is 2.00 bits per heavy atom. The van der Waals surface area contributed by atoms with Gasteiger partial charge in [-0.3, -0.25) is 4.79 Å².